The summed E-state index contributed by atoms with van der Waals surface area (Å²) in [4.78, 5) is 37.9. The number of para-hydroxylation sites is 1. The van der Waals surface area contributed by atoms with Gasteiger partial charge in [0.2, 0.25) is 18.6 Å². The number of piperazine rings is 1. The zero-order valence-electron chi connectivity index (χ0n) is 22.1. The normalized spacial score (nSPS) is 24.1. The van der Waals surface area contributed by atoms with Crippen molar-refractivity contribution in [3.8, 4) is 11.5 Å². The first kappa shape index (κ1) is 23.6. The lowest BCUT2D eigenvalue weighted by atomic mass is 9.85. The Kier molecular flexibility index (Phi) is 5.38. The number of nitrogens with one attached hydrogen (secondary N) is 1. The van der Waals surface area contributed by atoms with Gasteiger partial charge in [0.1, 0.15) is 12.6 Å². The first-order chi connectivity index (χ1) is 19.6. The topological polar surface area (TPSA) is 78.1 Å². The van der Waals surface area contributed by atoms with Gasteiger partial charge in [-0.3, -0.25) is 14.5 Å². The third kappa shape index (κ3) is 3.70. The molecule has 0 aliphatic carbocycles. The lowest BCUT2D eigenvalue weighted by Gasteiger charge is -2.48. The summed E-state index contributed by atoms with van der Waals surface area (Å²) >= 11 is 0. The van der Waals surface area contributed by atoms with Gasteiger partial charge < -0.3 is 24.3 Å². The van der Waals surface area contributed by atoms with E-state index in [1.165, 1.54) is 5.56 Å². The zero-order chi connectivity index (χ0) is 26.8. The molecule has 40 heavy (non-hydrogen) atoms. The minimum atomic E-state index is -0.549. The molecule has 0 bridgehead atoms. The largest absolute Gasteiger partial charge is 0.454 e. The van der Waals surface area contributed by atoms with Gasteiger partial charge in [-0.05, 0) is 41.3 Å². The number of carbonyl (C=O) groups is 2. The highest BCUT2D eigenvalue weighted by Crippen LogP contribution is 2.45. The van der Waals surface area contributed by atoms with Crippen molar-refractivity contribution in [2.75, 3.05) is 26.4 Å². The van der Waals surface area contributed by atoms with Crippen molar-refractivity contribution >= 4 is 22.7 Å². The minimum Gasteiger partial charge on any atom is -0.454 e. The van der Waals surface area contributed by atoms with Crippen LogP contribution in [0.15, 0.2) is 72.8 Å². The van der Waals surface area contributed by atoms with Crippen LogP contribution < -0.4 is 9.47 Å². The van der Waals surface area contributed by atoms with Crippen LogP contribution in [-0.4, -0.2) is 70.0 Å². The van der Waals surface area contributed by atoms with Crippen molar-refractivity contribution in [1.82, 2.24) is 19.7 Å². The van der Waals surface area contributed by atoms with Crippen LogP contribution in [0.1, 0.15) is 34.8 Å². The average molecular weight is 535 g/mol. The molecule has 202 valence electrons. The Morgan fingerprint density at radius 1 is 0.925 bits per heavy atom. The first-order valence-electron chi connectivity index (χ1n) is 14.0. The van der Waals surface area contributed by atoms with Gasteiger partial charge in [-0.25, -0.2) is 0 Å². The van der Waals surface area contributed by atoms with Gasteiger partial charge in [0.05, 0.1) is 6.04 Å². The molecule has 0 unspecified atom stereocenters. The molecule has 1 aromatic heterocycles. The molecule has 5 heterocycles. The SMILES string of the molecule is O=C1[C@H]2Cc3c([nH]c4ccccc34)[C@@H](c3ccc4c(c3)OCO4)N2C(=O)CN1[C@H]1CCN(Cc2ccccc2)C1. The molecule has 2 fully saturated rings. The van der Waals surface area contributed by atoms with Gasteiger partial charge in [0.15, 0.2) is 11.5 Å². The van der Waals surface area contributed by atoms with Crippen LogP contribution in [0.4, 0.5) is 0 Å². The number of hydrogen-bond acceptors (Lipinski definition) is 5. The van der Waals surface area contributed by atoms with Crippen molar-refractivity contribution in [1.29, 1.82) is 0 Å². The van der Waals surface area contributed by atoms with Crippen LogP contribution in [-0.2, 0) is 22.6 Å². The highest BCUT2D eigenvalue weighted by molar-refractivity contribution is 5.98. The fraction of sp³-hybridized carbons (Fsp3) is 0.312. The molecule has 0 radical (unpaired) electrons. The van der Waals surface area contributed by atoms with E-state index in [-0.39, 0.29) is 31.2 Å². The maximum Gasteiger partial charge on any atom is 0.246 e. The number of aromatic nitrogens is 1. The van der Waals surface area contributed by atoms with E-state index in [4.69, 9.17) is 9.47 Å². The number of fused-ring (bicyclic) bond motifs is 5. The summed E-state index contributed by atoms with van der Waals surface area (Å²) in [6.45, 7) is 2.84. The summed E-state index contributed by atoms with van der Waals surface area (Å²) in [6.07, 6.45) is 1.38. The number of aromatic amines is 1. The van der Waals surface area contributed by atoms with E-state index >= 15 is 0 Å². The monoisotopic (exact) mass is 534 g/mol. The molecular formula is C32H30N4O4. The molecule has 3 atom stereocenters. The number of likely N-dealkylation sites (tertiary alicyclic amines) is 1. The van der Waals surface area contributed by atoms with E-state index < -0.39 is 12.1 Å². The Morgan fingerprint density at radius 3 is 2.65 bits per heavy atom. The van der Waals surface area contributed by atoms with E-state index in [0.717, 1.165) is 53.8 Å². The highest BCUT2D eigenvalue weighted by atomic mass is 16.7. The molecule has 4 aliphatic heterocycles. The van der Waals surface area contributed by atoms with Gasteiger partial charge in [0.25, 0.3) is 0 Å². The summed E-state index contributed by atoms with van der Waals surface area (Å²) in [7, 11) is 0. The second-order valence-electron chi connectivity index (χ2n) is 11.2. The fourth-order valence-corrected chi connectivity index (χ4v) is 7.08. The lowest BCUT2D eigenvalue weighted by Crippen LogP contribution is -2.65. The van der Waals surface area contributed by atoms with Crippen LogP contribution in [0, 0.1) is 0 Å². The summed E-state index contributed by atoms with van der Waals surface area (Å²) < 4.78 is 11.2. The molecule has 4 aromatic rings. The van der Waals surface area contributed by atoms with E-state index in [0.29, 0.717) is 17.9 Å². The number of amides is 2. The smallest absolute Gasteiger partial charge is 0.246 e. The summed E-state index contributed by atoms with van der Waals surface area (Å²) in [5.74, 6) is 1.39. The molecule has 2 amide bonds. The fourth-order valence-electron chi connectivity index (χ4n) is 7.08. The van der Waals surface area contributed by atoms with Crippen molar-refractivity contribution in [3.05, 3.63) is 95.2 Å². The van der Waals surface area contributed by atoms with Gasteiger partial charge in [-0.15, -0.1) is 0 Å². The van der Waals surface area contributed by atoms with Gasteiger partial charge in [-0.1, -0.05) is 54.6 Å². The molecular weight excluding hydrogens is 504 g/mol. The molecule has 3 aromatic carbocycles. The Morgan fingerprint density at radius 2 is 1.75 bits per heavy atom. The number of hydrogen-bond donors (Lipinski definition) is 1. The van der Waals surface area contributed by atoms with Crippen molar-refractivity contribution in [2.45, 2.75) is 37.5 Å². The standard InChI is InChI=1S/C32H30N4O4/c37-29-18-35(22-12-13-34(17-22)16-20-6-2-1-3-7-20)32(38)26-15-24-23-8-4-5-9-25(23)33-30(24)31(36(26)29)21-10-11-27-28(14-21)40-19-39-27/h1-11,14,22,26,31,33H,12-13,15-19H2/t22-,26+,31+/m0/s1. The van der Waals surface area contributed by atoms with Crippen molar-refractivity contribution in [3.63, 3.8) is 0 Å². The molecule has 8 rings (SSSR count). The number of ether oxygens (including phenoxy) is 2. The third-order valence-corrected chi connectivity index (χ3v) is 8.94. The van der Waals surface area contributed by atoms with Gasteiger partial charge in [0, 0.05) is 48.7 Å². The quantitative estimate of drug-likeness (QED) is 0.430. The summed E-state index contributed by atoms with van der Waals surface area (Å²) in [6, 6.07) is 23.5. The predicted molar refractivity (Wildman–Crippen MR) is 149 cm³/mol. The molecule has 8 heteroatoms. The Bertz CT molecular complexity index is 1630. The van der Waals surface area contributed by atoms with Crippen LogP contribution in [0.25, 0.3) is 10.9 Å². The van der Waals surface area contributed by atoms with Crippen LogP contribution >= 0.6 is 0 Å². The number of nitrogens with zero attached hydrogens (tertiary/aromatic N) is 3. The molecule has 0 saturated carbocycles. The van der Waals surface area contributed by atoms with Crippen LogP contribution in [0.3, 0.4) is 0 Å². The van der Waals surface area contributed by atoms with Gasteiger partial charge >= 0.3 is 0 Å². The Hall–Kier alpha value is -4.30. The number of carbonyl (C=O) groups excluding carboxylic acids is 2. The van der Waals surface area contributed by atoms with E-state index in [1.54, 1.807) is 0 Å². The van der Waals surface area contributed by atoms with Gasteiger partial charge in [-0.2, -0.15) is 0 Å². The lowest BCUT2D eigenvalue weighted by molar-refractivity contribution is -0.160. The second kappa shape index (κ2) is 9.13. The third-order valence-electron chi connectivity index (χ3n) is 8.94. The molecule has 0 spiro atoms. The van der Waals surface area contributed by atoms with E-state index in [1.807, 2.05) is 46.2 Å². The number of rotatable bonds is 4. The van der Waals surface area contributed by atoms with Crippen molar-refractivity contribution in [2.24, 2.45) is 0 Å². The Balaban J connectivity index is 1.14. The summed E-state index contributed by atoms with van der Waals surface area (Å²) in [5.41, 5.74) is 5.27. The maximum absolute atomic E-state index is 14.2. The average Bonchev–Trinajstić information content (AvgIpc) is 3.72. The van der Waals surface area contributed by atoms with Crippen LogP contribution in [0.2, 0.25) is 0 Å². The van der Waals surface area contributed by atoms with Crippen molar-refractivity contribution < 1.29 is 19.1 Å². The first-order valence-corrected chi connectivity index (χ1v) is 14.0. The second-order valence-corrected chi connectivity index (χ2v) is 11.2. The molecule has 2 saturated heterocycles. The summed E-state index contributed by atoms with van der Waals surface area (Å²) in [5, 5.41) is 1.11. The Labute approximate surface area is 232 Å². The minimum absolute atomic E-state index is 0.0157. The number of H-pyrrole nitrogens is 1. The molecule has 8 nitrogen and oxygen atoms in total. The number of benzene rings is 3. The zero-order valence-corrected chi connectivity index (χ0v) is 22.1. The van der Waals surface area contributed by atoms with E-state index in [2.05, 4.69) is 46.3 Å². The highest BCUT2D eigenvalue weighted by Gasteiger charge is 2.50. The maximum atomic E-state index is 14.2. The van der Waals surface area contributed by atoms with E-state index in [9.17, 15) is 9.59 Å². The predicted octanol–water partition coefficient (Wildman–Crippen LogP) is 3.86. The molecule has 4 aliphatic rings. The van der Waals surface area contributed by atoms with Crippen LogP contribution in [0.5, 0.6) is 11.5 Å². The molecule has 1 N–H and O–H groups in total.